The molecule has 0 saturated heterocycles. The first-order valence-electron chi connectivity index (χ1n) is 5.40. The fourth-order valence-corrected chi connectivity index (χ4v) is 1.70. The molecule has 0 saturated carbocycles. The van der Waals surface area contributed by atoms with E-state index >= 15 is 0 Å². The molecule has 0 unspecified atom stereocenters. The molecular formula is C12H18N2O3. The van der Waals surface area contributed by atoms with Crippen LogP contribution < -0.4 is 10.5 Å². The van der Waals surface area contributed by atoms with Crippen LogP contribution in [0, 0.1) is 6.92 Å². The van der Waals surface area contributed by atoms with E-state index in [0.29, 0.717) is 30.2 Å². The molecule has 1 rings (SSSR count). The number of hydrogen-bond acceptors (Lipinski definition) is 5. The van der Waals surface area contributed by atoms with Gasteiger partial charge in [0.25, 0.3) is 0 Å². The fourth-order valence-electron chi connectivity index (χ4n) is 1.70. The summed E-state index contributed by atoms with van der Waals surface area (Å²) >= 11 is 0. The Morgan fingerprint density at radius 1 is 1.47 bits per heavy atom. The van der Waals surface area contributed by atoms with E-state index in [1.165, 1.54) is 7.11 Å². The van der Waals surface area contributed by atoms with Crippen LogP contribution in [0.3, 0.4) is 0 Å². The lowest BCUT2D eigenvalue weighted by atomic mass is 10.0. The number of ether oxygens (including phenoxy) is 2. The standard InChI is InChI=1S/C12H18N2O3/c1-8-12(17-3)11(10(15)4-5-13)9(6-14-8)7-16-2/h6H,4-5,7,13H2,1-3H3. The number of rotatable bonds is 6. The van der Waals surface area contributed by atoms with E-state index in [4.69, 9.17) is 15.2 Å². The second-order valence-electron chi connectivity index (χ2n) is 3.67. The van der Waals surface area contributed by atoms with Gasteiger partial charge in [0, 0.05) is 25.3 Å². The fraction of sp³-hybridized carbons (Fsp3) is 0.500. The number of aromatic nitrogens is 1. The SMILES string of the molecule is COCc1cnc(C)c(OC)c1C(=O)CCN. The normalized spacial score (nSPS) is 10.4. The molecule has 0 aliphatic rings. The Kier molecular flexibility index (Phi) is 5.06. The highest BCUT2D eigenvalue weighted by Gasteiger charge is 2.19. The van der Waals surface area contributed by atoms with Gasteiger partial charge in [0.15, 0.2) is 11.5 Å². The first kappa shape index (κ1) is 13.6. The van der Waals surface area contributed by atoms with Gasteiger partial charge in [0.1, 0.15) is 0 Å². The van der Waals surface area contributed by atoms with Gasteiger partial charge in [-0.3, -0.25) is 9.78 Å². The first-order chi connectivity index (χ1) is 8.15. The molecule has 0 radical (unpaired) electrons. The van der Waals surface area contributed by atoms with E-state index in [1.807, 2.05) is 0 Å². The number of hydrogen-bond donors (Lipinski definition) is 1. The molecule has 1 aromatic rings. The van der Waals surface area contributed by atoms with Crippen molar-refractivity contribution in [1.29, 1.82) is 0 Å². The van der Waals surface area contributed by atoms with Crippen LogP contribution in [-0.2, 0) is 11.3 Å². The average molecular weight is 238 g/mol. The molecule has 0 spiro atoms. The van der Waals surface area contributed by atoms with Gasteiger partial charge < -0.3 is 15.2 Å². The Bertz CT molecular complexity index is 405. The maximum Gasteiger partial charge on any atom is 0.168 e. The quantitative estimate of drug-likeness (QED) is 0.750. The van der Waals surface area contributed by atoms with Gasteiger partial charge in [-0.15, -0.1) is 0 Å². The lowest BCUT2D eigenvalue weighted by Gasteiger charge is -2.13. The summed E-state index contributed by atoms with van der Waals surface area (Å²) in [5, 5.41) is 0. The third-order valence-electron chi connectivity index (χ3n) is 2.45. The molecule has 17 heavy (non-hydrogen) atoms. The van der Waals surface area contributed by atoms with E-state index < -0.39 is 0 Å². The smallest absolute Gasteiger partial charge is 0.168 e. The summed E-state index contributed by atoms with van der Waals surface area (Å²) in [6, 6.07) is 0. The Hall–Kier alpha value is -1.46. The zero-order chi connectivity index (χ0) is 12.8. The number of carbonyl (C=O) groups excluding carboxylic acids is 1. The van der Waals surface area contributed by atoms with Crippen molar-refractivity contribution in [3.05, 3.63) is 23.0 Å². The zero-order valence-electron chi connectivity index (χ0n) is 10.4. The number of nitrogens with zero attached hydrogens (tertiary/aromatic N) is 1. The van der Waals surface area contributed by atoms with Crippen LogP contribution >= 0.6 is 0 Å². The molecule has 0 atom stereocenters. The maximum atomic E-state index is 12.0. The number of methoxy groups -OCH3 is 2. The minimum absolute atomic E-state index is 0.0399. The van der Waals surface area contributed by atoms with Gasteiger partial charge >= 0.3 is 0 Å². The van der Waals surface area contributed by atoms with Gasteiger partial charge in [-0.05, 0) is 13.5 Å². The van der Waals surface area contributed by atoms with E-state index in [2.05, 4.69) is 4.98 Å². The molecule has 5 heteroatoms. The third kappa shape index (κ3) is 3.01. The van der Waals surface area contributed by atoms with Crippen LogP contribution in [0.4, 0.5) is 0 Å². The third-order valence-corrected chi connectivity index (χ3v) is 2.45. The van der Waals surface area contributed by atoms with Gasteiger partial charge in [-0.25, -0.2) is 0 Å². The second kappa shape index (κ2) is 6.32. The number of nitrogens with two attached hydrogens (primary N) is 1. The van der Waals surface area contributed by atoms with Gasteiger partial charge in [0.05, 0.1) is 25.0 Å². The summed E-state index contributed by atoms with van der Waals surface area (Å²) in [5.41, 5.74) is 7.36. The van der Waals surface area contributed by atoms with Crippen molar-refractivity contribution in [2.24, 2.45) is 5.73 Å². The summed E-state index contributed by atoms with van der Waals surface area (Å²) in [5.74, 6) is 0.472. The molecule has 0 aliphatic heterocycles. The summed E-state index contributed by atoms with van der Waals surface area (Å²) in [7, 11) is 3.10. The van der Waals surface area contributed by atoms with Crippen molar-refractivity contribution < 1.29 is 14.3 Å². The topological polar surface area (TPSA) is 74.4 Å². The van der Waals surface area contributed by atoms with Gasteiger partial charge in [-0.2, -0.15) is 0 Å². The van der Waals surface area contributed by atoms with Crippen LogP contribution in [0.5, 0.6) is 5.75 Å². The minimum Gasteiger partial charge on any atom is -0.494 e. The highest BCUT2D eigenvalue weighted by molar-refractivity contribution is 6.00. The molecule has 1 aromatic heterocycles. The number of aryl methyl sites for hydroxylation is 1. The first-order valence-corrected chi connectivity index (χ1v) is 5.40. The number of carbonyl (C=O) groups is 1. The van der Waals surface area contributed by atoms with E-state index in [1.54, 1.807) is 20.2 Å². The lowest BCUT2D eigenvalue weighted by Crippen LogP contribution is -2.13. The molecule has 0 amide bonds. The zero-order valence-corrected chi connectivity index (χ0v) is 10.4. The minimum atomic E-state index is -0.0399. The summed E-state index contributed by atoms with van der Waals surface area (Å²) in [4.78, 5) is 16.2. The van der Waals surface area contributed by atoms with Crippen LogP contribution in [0.25, 0.3) is 0 Å². The Labute approximate surface area is 101 Å². The molecule has 2 N–H and O–H groups in total. The van der Waals surface area contributed by atoms with Crippen molar-refractivity contribution in [2.75, 3.05) is 20.8 Å². The average Bonchev–Trinajstić information content (AvgIpc) is 2.31. The van der Waals surface area contributed by atoms with Crippen LogP contribution in [-0.4, -0.2) is 31.5 Å². The summed E-state index contributed by atoms with van der Waals surface area (Å²) in [6.07, 6.45) is 1.93. The summed E-state index contributed by atoms with van der Waals surface area (Å²) in [6.45, 7) is 2.44. The highest BCUT2D eigenvalue weighted by atomic mass is 16.5. The van der Waals surface area contributed by atoms with E-state index in [0.717, 1.165) is 5.56 Å². The van der Waals surface area contributed by atoms with Crippen molar-refractivity contribution >= 4 is 5.78 Å². The Morgan fingerprint density at radius 3 is 2.71 bits per heavy atom. The number of ketones is 1. The van der Waals surface area contributed by atoms with E-state index in [-0.39, 0.29) is 12.2 Å². The molecular weight excluding hydrogens is 220 g/mol. The van der Waals surface area contributed by atoms with Crippen molar-refractivity contribution in [2.45, 2.75) is 20.0 Å². The largest absolute Gasteiger partial charge is 0.494 e. The van der Waals surface area contributed by atoms with Crippen LogP contribution in [0.1, 0.15) is 28.0 Å². The lowest BCUT2D eigenvalue weighted by molar-refractivity contribution is 0.0976. The van der Waals surface area contributed by atoms with Crippen molar-refractivity contribution in [3.8, 4) is 5.75 Å². The molecule has 0 bridgehead atoms. The second-order valence-corrected chi connectivity index (χ2v) is 3.67. The van der Waals surface area contributed by atoms with Crippen molar-refractivity contribution in [1.82, 2.24) is 4.98 Å². The number of Topliss-reactive ketones (excluding diaryl/α,β-unsaturated/α-hetero) is 1. The van der Waals surface area contributed by atoms with Crippen LogP contribution in [0.15, 0.2) is 6.20 Å². The number of pyridine rings is 1. The molecule has 0 aliphatic carbocycles. The Morgan fingerprint density at radius 2 is 2.18 bits per heavy atom. The van der Waals surface area contributed by atoms with Crippen LogP contribution in [0.2, 0.25) is 0 Å². The maximum absolute atomic E-state index is 12.0. The van der Waals surface area contributed by atoms with Crippen molar-refractivity contribution in [3.63, 3.8) is 0 Å². The molecule has 0 aromatic carbocycles. The van der Waals surface area contributed by atoms with E-state index in [9.17, 15) is 4.79 Å². The molecule has 94 valence electrons. The molecule has 1 heterocycles. The highest BCUT2D eigenvalue weighted by Crippen LogP contribution is 2.26. The van der Waals surface area contributed by atoms with Gasteiger partial charge in [-0.1, -0.05) is 0 Å². The monoisotopic (exact) mass is 238 g/mol. The summed E-state index contributed by atoms with van der Waals surface area (Å²) < 4.78 is 10.3. The van der Waals surface area contributed by atoms with Gasteiger partial charge in [0.2, 0.25) is 0 Å². The molecule has 0 fully saturated rings. The Balaban J connectivity index is 3.27. The predicted molar refractivity (Wildman–Crippen MR) is 64.2 cm³/mol. The molecule has 5 nitrogen and oxygen atoms in total. The predicted octanol–water partition coefficient (Wildman–Crippen LogP) is 1.08.